The molecule has 0 aromatic carbocycles. The number of carbonyl (C=O) groups is 2. The van der Waals surface area contributed by atoms with Gasteiger partial charge in [-0.2, -0.15) is 0 Å². The summed E-state index contributed by atoms with van der Waals surface area (Å²) < 4.78 is 0. The van der Waals surface area contributed by atoms with Crippen LogP contribution in [0, 0.1) is 0 Å². The zero-order valence-corrected chi connectivity index (χ0v) is 9.26. The lowest BCUT2D eigenvalue weighted by Crippen LogP contribution is -1.93. The van der Waals surface area contributed by atoms with Crippen molar-refractivity contribution in [2.45, 2.75) is 38.5 Å². The number of hydrogen-bond donors (Lipinski definition) is 2. The normalized spacial score (nSPS) is 11.2. The van der Waals surface area contributed by atoms with Crippen molar-refractivity contribution in [2.24, 2.45) is 0 Å². The highest BCUT2D eigenvalue weighted by molar-refractivity contribution is 5.80. The van der Waals surface area contributed by atoms with Gasteiger partial charge in [-0.05, 0) is 19.3 Å². The first kappa shape index (κ1) is 14.4. The van der Waals surface area contributed by atoms with Gasteiger partial charge in [0.2, 0.25) is 0 Å². The molecule has 0 heterocycles. The zero-order valence-electron chi connectivity index (χ0n) is 9.26. The van der Waals surface area contributed by atoms with Gasteiger partial charge in [0, 0.05) is 12.5 Å². The lowest BCUT2D eigenvalue weighted by molar-refractivity contribution is -0.137. The van der Waals surface area contributed by atoms with E-state index in [0.29, 0.717) is 0 Å². The van der Waals surface area contributed by atoms with Crippen molar-refractivity contribution in [3.8, 4) is 0 Å². The van der Waals surface area contributed by atoms with Crippen LogP contribution < -0.4 is 0 Å². The van der Waals surface area contributed by atoms with E-state index in [1.807, 2.05) is 6.08 Å². The minimum Gasteiger partial charge on any atom is -0.481 e. The van der Waals surface area contributed by atoms with E-state index < -0.39 is 11.9 Å². The molecule has 2 N–H and O–H groups in total. The maximum atomic E-state index is 10.2. The van der Waals surface area contributed by atoms with E-state index in [2.05, 4.69) is 0 Å². The molecule has 0 aliphatic heterocycles. The van der Waals surface area contributed by atoms with Crippen LogP contribution in [0.1, 0.15) is 38.5 Å². The van der Waals surface area contributed by atoms with Gasteiger partial charge in [-0.1, -0.05) is 31.1 Å². The molecule has 0 aromatic rings. The quantitative estimate of drug-likeness (QED) is 0.360. The Kier molecular flexibility index (Phi) is 8.97. The molecule has 0 aliphatic rings. The van der Waals surface area contributed by atoms with Crippen LogP contribution in [-0.4, -0.2) is 22.2 Å². The fraction of sp³-hybridized carbons (Fsp3) is 0.500. The van der Waals surface area contributed by atoms with Crippen molar-refractivity contribution in [1.82, 2.24) is 0 Å². The third kappa shape index (κ3) is 12.4. The molecule has 0 aliphatic carbocycles. The average molecular weight is 226 g/mol. The van der Waals surface area contributed by atoms with E-state index in [1.54, 1.807) is 6.08 Å². The van der Waals surface area contributed by atoms with E-state index >= 15 is 0 Å². The maximum Gasteiger partial charge on any atom is 0.328 e. The van der Waals surface area contributed by atoms with Crippen molar-refractivity contribution >= 4 is 11.9 Å². The summed E-state index contributed by atoms with van der Waals surface area (Å²) in [5.41, 5.74) is 0. The van der Waals surface area contributed by atoms with Gasteiger partial charge in [0.15, 0.2) is 0 Å². The van der Waals surface area contributed by atoms with E-state index in [4.69, 9.17) is 10.2 Å². The van der Waals surface area contributed by atoms with Crippen molar-refractivity contribution < 1.29 is 19.8 Å². The number of unbranched alkanes of at least 4 members (excludes halogenated alkanes) is 4. The summed E-state index contributed by atoms with van der Waals surface area (Å²) in [5, 5.41) is 16.7. The number of rotatable bonds is 9. The van der Waals surface area contributed by atoms with E-state index in [9.17, 15) is 9.59 Å². The number of allylic oxidation sites excluding steroid dienone is 3. The van der Waals surface area contributed by atoms with Gasteiger partial charge in [-0.15, -0.1) is 0 Å². The van der Waals surface area contributed by atoms with E-state index in [-0.39, 0.29) is 6.42 Å². The lowest BCUT2D eigenvalue weighted by atomic mass is 10.1. The minimum absolute atomic E-state index is 0.247. The molecule has 0 atom stereocenters. The van der Waals surface area contributed by atoms with Crippen LogP contribution in [0.3, 0.4) is 0 Å². The van der Waals surface area contributed by atoms with Crippen molar-refractivity contribution in [1.29, 1.82) is 0 Å². The van der Waals surface area contributed by atoms with Gasteiger partial charge in [-0.3, -0.25) is 4.79 Å². The summed E-state index contributed by atoms with van der Waals surface area (Å²) in [6, 6.07) is 0. The highest BCUT2D eigenvalue weighted by Crippen LogP contribution is 2.05. The van der Waals surface area contributed by atoms with Crippen LogP contribution in [0.4, 0.5) is 0 Å². The summed E-state index contributed by atoms with van der Waals surface area (Å²) in [7, 11) is 0. The maximum absolute atomic E-state index is 10.2. The molecular formula is C12H18O4. The molecule has 4 nitrogen and oxygen atoms in total. The van der Waals surface area contributed by atoms with Crippen molar-refractivity contribution in [3.05, 3.63) is 24.3 Å². The topological polar surface area (TPSA) is 74.6 Å². The Morgan fingerprint density at radius 3 is 2.25 bits per heavy atom. The Hall–Kier alpha value is -1.58. The first-order chi connectivity index (χ1) is 7.63. The van der Waals surface area contributed by atoms with Crippen LogP contribution in [-0.2, 0) is 9.59 Å². The Labute approximate surface area is 95.3 Å². The third-order valence-corrected chi connectivity index (χ3v) is 2.00. The van der Waals surface area contributed by atoms with Gasteiger partial charge in [0.05, 0.1) is 0 Å². The Morgan fingerprint density at radius 2 is 1.62 bits per heavy atom. The third-order valence-electron chi connectivity index (χ3n) is 2.00. The molecule has 4 heteroatoms. The highest BCUT2D eigenvalue weighted by atomic mass is 16.4. The largest absolute Gasteiger partial charge is 0.481 e. The molecule has 90 valence electrons. The van der Waals surface area contributed by atoms with E-state index in [0.717, 1.165) is 38.2 Å². The average Bonchev–Trinajstić information content (AvgIpc) is 2.20. The van der Waals surface area contributed by atoms with Gasteiger partial charge in [0.25, 0.3) is 0 Å². The number of carboxylic acid groups (broad SMARTS) is 2. The molecule has 0 spiro atoms. The lowest BCUT2D eigenvalue weighted by Gasteiger charge is -1.96. The Bertz CT molecular complexity index is 266. The van der Waals surface area contributed by atoms with Crippen molar-refractivity contribution in [3.63, 3.8) is 0 Å². The van der Waals surface area contributed by atoms with Crippen LogP contribution in [0.25, 0.3) is 0 Å². The molecule has 0 fully saturated rings. The molecule has 16 heavy (non-hydrogen) atoms. The van der Waals surface area contributed by atoms with Gasteiger partial charge in [0.1, 0.15) is 0 Å². The molecule has 0 unspecified atom stereocenters. The molecule has 0 aromatic heterocycles. The minimum atomic E-state index is -0.946. The summed E-state index contributed by atoms with van der Waals surface area (Å²) in [4.78, 5) is 20.3. The zero-order chi connectivity index (χ0) is 12.2. The highest BCUT2D eigenvalue weighted by Gasteiger charge is 1.95. The summed E-state index contributed by atoms with van der Waals surface area (Å²) >= 11 is 0. The second-order valence-electron chi connectivity index (χ2n) is 3.47. The van der Waals surface area contributed by atoms with Gasteiger partial charge < -0.3 is 10.2 Å². The van der Waals surface area contributed by atoms with Crippen LogP contribution in [0.2, 0.25) is 0 Å². The first-order valence-electron chi connectivity index (χ1n) is 5.41. The molecule has 0 saturated heterocycles. The molecule has 0 bridgehead atoms. The summed E-state index contributed by atoms with van der Waals surface area (Å²) in [5.74, 6) is -1.68. The van der Waals surface area contributed by atoms with Gasteiger partial charge in [-0.25, -0.2) is 4.79 Å². The Morgan fingerprint density at radius 1 is 0.938 bits per heavy atom. The number of aliphatic carboxylic acids is 2. The van der Waals surface area contributed by atoms with E-state index in [1.165, 1.54) is 6.08 Å². The van der Waals surface area contributed by atoms with Crippen LogP contribution >= 0.6 is 0 Å². The van der Waals surface area contributed by atoms with Crippen LogP contribution in [0.5, 0.6) is 0 Å². The summed E-state index contributed by atoms with van der Waals surface area (Å²) in [6.45, 7) is 0. The van der Waals surface area contributed by atoms with Crippen molar-refractivity contribution in [2.75, 3.05) is 0 Å². The number of hydrogen-bond acceptors (Lipinski definition) is 2. The molecule has 0 radical (unpaired) electrons. The fourth-order valence-electron chi connectivity index (χ4n) is 1.20. The molecule has 0 amide bonds. The smallest absolute Gasteiger partial charge is 0.328 e. The standard InChI is InChI=1S/C12H18O4/c13-11(14)9-7-5-3-1-2-4-6-8-10-12(15)16/h3,5,7,9H,1-2,4,6,8,10H2,(H,13,14)(H,15,16)/b5-3+,9-7+. The number of carboxylic acids is 2. The monoisotopic (exact) mass is 226 g/mol. The second kappa shape index (κ2) is 9.96. The fourth-order valence-corrected chi connectivity index (χ4v) is 1.20. The predicted molar refractivity (Wildman–Crippen MR) is 61.3 cm³/mol. The van der Waals surface area contributed by atoms with Crippen LogP contribution in [0.15, 0.2) is 24.3 Å². The first-order valence-corrected chi connectivity index (χ1v) is 5.41. The molecule has 0 saturated carbocycles. The second-order valence-corrected chi connectivity index (χ2v) is 3.47. The summed E-state index contributed by atoms with van der Waals surface area (Å²) in [6.07, 6.45) is 11.0. The predicted octanol–water partition coefficient (Wildman–Crippen LogP) is 2.61. The molecule has 0 rings (SSSR count). The Balaban J connectivity index is 3.27. The molecular weight excluding hydrogens is 208 g/mol. The van der Waals surface area contributed by atoms with Gasteiger partial charge >= 0.3 is 11.9 Å². The SMILES string of the molecule is O=C(O)/C=C/C=C/CCCCCCC(=O)O.